The van der Waals surface area contributed by atoms with Crippen LogP contribution in [0.4, 0.5) is 5.69 Å². The molecule has 0 unspecified atom stereocenters. The fraction of sp³-hybridized carbons (Fsp3) is 0.263. The molecule has 3 N–H and O–H groups in total. The molecule has 0 aliphatic heterocycles. The van der Waals surface area contributed by atoms with Gasteiger partial charge >= 0.3 is 0 Å². The van der Waals surface area contributed by atoms with Crippen molar-refractivity contribution < 1.29 is 14.3 Å². The quantitative estimate of drug-likeness (QED) is 0.636. The average molecular weight is 354 g/mol. The number of ether oxygens (including phenoxy) is 2. The number of aromatic nitrogens is 2. The van der Waals surface area contributed by atoms with Gasteiger partial charge in [0.05, 0.1) is 18.5 Å². The number of carbonyl (C=O) groups excluding carboxylic acids is 1. The number of methoxy groups -OCH3 is 1. The third kappa shape index (κ3) is 3.72. The number of carbonyl (C=O) groups is 1. The second-order valence-electron chi connectivity index (χ2n) is 5.82. The van der Waals surface area contributed by atoms with Gasteiger partial charge < -0.3 is 24.9 Å². The van der Waals surface area contributed by atoms with Crippen LogP contribution in [0.1, 0.15) is 13.3 Å². The van der Waals surface area contributed by atoms with Gasteiger partial charge in [0, 0.05) is 24.5 Å². The van der Waals surface area contributed by atoms with Crippen LogP contribution >= 0.6 is 0 Å². The van der Waals surface area contributed by atoms with E-state index < -0.39 is 0 Å². The topological polar surface area (TPSA) is 90.9 Å². The summed E-state index contributed by atoms with van der Waals surface area (Å²) in [6.45, 7) is 2.59. The standard InChI is InChI=1S/C19H22N4O3/c1-3-8-21-18(24)12-26-17-5-4-9-23-11-15(22-19(17)23)13-6-7-16(25-2)14(20)10-13/h4-7,9-11H,3,8,12,20H2,1-2H3,(H,21,24). The highest BCUT2D eigenvalue weighted by Crippen LogP contribution is 2.29. The minimum absolute atomic E-state index is 0.0443. The molecule has 0 bridgehead atoms. The van der Waals surface area contributed by atoms with Crippen LogP contribution in [-0.2, 0) is 4.79 Å². The molecule has 2 heterocycles. The minimum atomic E-state index is -0.149. The van der Waals surface area contributed by atoms with Gasteiger partial charge in [-0.25, -0.2) is 4.98 Å². The molecular formula is C19H22N4O3. The number of hydrogen-bond donors (Lipinski definition) is 2. The Balaban J connectivity index is 1.85. The molecule has 3 aromatic rings. The second kappa shape index (κ2) is 7.77. The highest BCUT2D eigenvalue weighted by Gasteiger charge is 2.11. The van der Waals surface area contributed by atoms with E-state index in [1.807, 2.05) is 48.0 Å². The number of amides is 1. The molecule has 0 spiro atoms. The molecule has 136 valence electrons. The zero-order valence-corrected chi connectivity index (χ0v) is 14.9. The Kier molecular flexibility index (Phi) is 5.26. The van der Waals surface area contributed by atoms with E-state index in [9.17, 15) is 4.79 Å². The van der Waals surface area contributed by atoms with Crippen molar-refractivity contribution in [3.8, 4) is 22.8 Å². The number of hydrogen-bond acceptors (Lipinski definition) is 5. The molecule has 7 heteroatoms. The molecule has 0 fully saturated rings. The highest BCUT2D eigenvalue weighted by atomic mass is 16.5. The first kappa shape index (κ1) is 17.6. The van der Waals surface area contributed by atoms with E-state index in [-0.39, 0.29) is 12.5 Å². The van der Waals surface area contributed by atoms with Gasteiger partial charge in [0.25, 0.3) is 5.91 Å². The van der Waals surface area contributed by atoms with Gasteiger partial charge in [-0.05, 0) is 36.8 Å². The summed E-state index contributed by atoms with van der Waals surface area (Å²) < 4.78 is 12.7. The molecule has 2 aromatic heterocycles. The van der Waals surface area contributed by atoms with Crippen LogP contribution in [0, 0.1) is 0 Å². The maximum absolute atomic E-state index is 11.7. The first-order valence-electron chi connectivity index (χ1n) is 8.43. The van der Waals surface area contributed by atoms with E-state index in [4.69, 9.17) is 15.2 Å². The molecule has 0 saturated heterocycles. The summed E-state index contributed by atoms with van der Waals surface area (Å²) in [5, 5.41) is 2.78. The third-order valence-electron chi connectivity index (χ3n) is 3.90. The number of nitrogen functional groups attached to an aromatic ring is 1. The summed E-state index contributed by atoms with van der Waals surface area (Å²) in [5.74, 6) is 1.02. The Morgan fingerprint density at radius 1 is 1.31 bits per heavy atom. The van der Waals surface area contributed by atoms with Gasteiger partial charge in [-0.2, -0.15) is 0 Å². The number of benzene rings is 1. The number of nitrogens with two attached hydrogens (primary N) is 1. The van der Waals surface area contributed by atoms with Crippen molar-refractivity contribution in [1.29, 1.82) is 0 Å². The number of rotatable bonds is 7. The van der Waals surface area contributed by atoms with Gasteiger partial charge in [0.1, 0.15) is 5.75 Å². The molecule has 1 amide bonds. The lowest BCUT2D eigenvalue weighted by molar-refractivity contribution is -0.123. The summed E-state index contributed by atoms with van der Waals surface area (Å²) in [4.78, 5) is 16.4. The number of imidazole rings is 1. The van der Waals surface area contributed by atoms with E-state index in [1.165, 1.54) is 0 Å². The third-order valence-corrected chi connectivity index (χ3v) is 3.90. The van der Waals surface area contributed by atoms with Gasteiger partial charge in [-0.15, -0.1) is 0 Å². The Morgan fingerprint density at radius 2 is 2.15 bits per heavy atom. The zero-order valence-electron chi connectivity index (χ0n) is 14.9. The molecule has 1 aromatic carbocycles. The molecule has 0 atom stereocenters. The van der Waals surface area contributed by atoms with Gasteiger partial charge in [-0.3, -0.25) is 4.79 Å². The van der Waals surface area contributed by atoms with Crippen LogP contribution in [0.5, 0.6) is 11.5 Å². The first-order chi connectivity index (χ1) is 12.6. The number of pyridine rings is 1. The lowest BCUT2D eigenvalue weighted by atomic mass is 10.1. The number of fused-ring (bicyclic) bond motifs is 1. The van der Waals surface area contributed by atoms with Crippen molar-refractivity contribution in [2.24, 2.45) is 0 Å². The van der Waals surface area contributed by atoms with Crippen LogP contribution < -0.4 is 20.5 Å². The Labute approximate surface area is 151 Å². The van der Waals surface area contributed by atoms with Crippen molar-refractivity contribution in [2.45, 2.75) is 13.3 Å². The van der Waals surface area contributed by atoms with Gasteiger partial charge in [0.15, 0.2) is 18.0 Å². The molecule has 0 radical (unpaired) electrons. The van der Waals surface area contributed by atoms with Crippen molar-refractivity contribution >= 4 is 17.2 Å². The molecule has 26 heavy (non-hydrogen) atoms. The Morgan fingerprint density at radius 3 is 2.88 bits per heavy atom. The van der Waals surface area contributed by atoms with Crippen molar-refractivity contribution in [3.05, 3.63) is 42.7 Å². The van der Waals surface area contributed by atoms with E-state index >= 15 is 0 Å². The van der Waals surface area contributed by atoms with Gasteiger partial charge in [-0.1, -0.05) is 6.92 Å². The summed E-state index contributed by atoms with van der Waals surface area (Å²) in [7, 11) is 1.58. The predicted octanol–water partition coefficient (Wildman–Crippen LogP) is 2.50. The first-order valence-corrected chi connectivity index (χ1v) is 8.43. The fourth-order valence-corrected chi connectivity index (χ4v) is 2.59. The number of anilines is 1. The minimum Gasteiger partial charge on any atom is -0.495 e. The lowest BCUT2D eigenvalue weighted by Crippen LogP contribution is -2.29. The summed E-state index contributed by atoms with van der Waals surface area (Å²) >= 11 is 0. The Hall–Kier alpha value is -3.22. The van der Waals surface area contributed by atoms with Crippen LogP contribution in [0.15, 0.2) is 42.7 Å². The highest BCUT2D eigenvalue weighted by molar-refractivity contribution is 5.78. The van der Waals surface area contributed by atoms with Crippen molar-refractivity contribution in [3.63, 3.8) is 0 Å². The van der Waals surface area contributed by atoms with Crippen LogP contribution in [0.25, 0.3) is 16.9 Å². The molecule has 0 saturated carbocycles. The van der Waals surface area contributed by atoms with Crippen LogP contribution in [0.2, 0.25) is 0 Å². The normalized spacial score (nSPS) is 10.7. The second-order valence-corrected chi connectivity index (χ2v) is 5.82. The largest absolute Gasteiger partial charge is 0.495 e. The monoisotopic (exact) mass is 354 g/mol. The predicted molar refractivity (Wildman–Crippen MR) is 100 cm³/mol. The van der Waals surface area contributed by atoms with E-state index in [0.29, 0.717) is 29.4 Å². The summed E-state index contributed by atoms with van der Waals surface area (Å²) in [5.41, 5.74) is 8.80. The van der Waals surface area contributed by atoms with Crippen LogP contribution in [-0.4, -0.2) is 35.6 Å². The van der Waals surface area contributed by atoms with Crippen molar-refractivity contribution in [1.82, 2.24) is 14.7 Å². The smallest absolute Gasteiger partial charge is 0.257 e. The van der Waals surface area contributed by atoms with Gasteiger partial charge in [0.2, 0.25) is 0 Å². The fourth-order valence-electron chi connectivity index (χ4n) is 2.59. The molecule has 7 nitrogen and oxygen atoms in total. The lowest BCUT2D eigenvalue weighted by Gasteiger charge is -2.07. The summed E-state index contributed by atoms with van der Waals surface area (Å²) in [6, 6.07) is 9.17. The molecule has 0 aliphatic rings. The van der Waals surface area contributed by atoms with E-state index in [2.05, 4.69) is 10.3 Å². The maximum Gasteiger partial charge on any atom is 0.257 e. The van der Waals surface area contributed by atoms with E-state index in [0.717, 1.165) is 17.7 Å². The van der Waals surface area contributed by atoms with Crippen molar-refractivity contribution in [2.75, 3.05) is 26.0 Å². The average Bonchev–Trinajstić information content (AvgIpc) is 3.09. The zero-order chi connectivity index (χ0) is 18.5. The number of nitrogens with zero attached hydrogens (tertiary/aromatic N) is 2. The molecule has 3 rings (SSSR count). The SMILES string of the molecule is CCCNC(=O)COc1cccn2cc(-c3ccc(OC)c(N)c3)nc12. The molecule has 0 aliphatic carbocycles. The maximum atomic E-state index is 11.7. The van der Waals surface area contributed by atoms with Crippen LogP contribution in [0.3, 0.4) is 0 Å². The van der Waals surface area contributed by atoms with E-state index in [1.54, 1.807) is 13.2 Å². The summed E-state index contributed by atoms with van der Waals surface area (Å²) in [6.07, 6.45) is 4.65. The Bertz CT molecular complexity index is 920. The molecular weight excluding hydrogens is 332 g/mol. The number of nitrogens with one attached hydrogen (secondary N) is 1.